The van der Waals surface area contributed by atoms with Gasteiger partial charge < -0.3 is 9.15 Å². The second-order valence-electron chi connectivity index (χ2n) is 8.25. The first-order valence-corrected chi connectivity index (χ1v) is 12.6. The van der Waals surface area contributed by atoms with Crippen molar-refractivity contribution in [1.29, 1.82) is 0 Å². The number of carbonyl (C=O) groups excluding carboxylic acids is 1. The maximum atomic E-state index is 13.6. The Morgan fingerprint density at radius 3 is 2.67 bits per heavy atom. The quantitative estimate of drug-likeness (QED) is 0.341. The SMILES string of the molecule is COc1cccc(/C=c2/sc3n(c2=O)[C@@H](c2ccc(-c4ccc(Cl)c(Cl)c4)o2)C(C(C)=O)=C(C)N=3)c1. The second-order valence-corrected chi connectivity index (χ2v) is 10.1. The average molecular weight is 539 g/mol. The molecular formula is C27H20Cl2N2O4S. The second kappa shape index (κ2) is 9.58. The third-order valence-electron chi connectivity index (χ3n) is 5.89. The predicted molar refractivity (Wildman–Crippen MR) is 142 cm³/mol. The van der Waals surface area contributed by atoms with E-state index in [0.29, 0.717) is 47.9 Å². The van der Waals surface area contributed by atoms with Gasteiger partial charge in [-0.1, -0.05) is 46.7 Å². The van der Waals surface area contributed by atoms with E-state index >= 15 is 0 Å². The van der Waals surface area contributed by atoms with Crippen LogP contribution in [0.15, 0.2) is 80.1 Å². The van der Waals surface area contributed by atoms with Crippen LogP contribution in [0.3, 0.4) is 0 Å². The number of aromatic nitrogens is 1. The number of allylic oxidation sites excluding steroid dienone is 2. The van der Waals surface area contributed by atoms with Crippen LogP contribution in [-0.4, -0.2) is 17.5 Å². The summed E-state index contributed by atoms with van der Waals surface area (Å²) in [6.07, 6.45) is 1.79. The Kier molecular flexibility index (Phi) is 6.47. The molecule has 4 aromatic rings. The Balaban J connectivity index is 1.67. The Morgan fingerprint density at radius 2 is 1.94 bits per heavy atom. The first-order chi connectivity index (χ1) is 17.3. The summed E-state index contributed by atoms with van der Waals surface area (Å²) in [6.45, 7) is 3.24. The highest BCUT2D eigenvalue weighted by atomic mass is 35.5. The zero-order valence-electron chi connectivity index (χ0n) is 19.5. The van der Waals surface area contributed by atoms with E-state index in [9.17, 15) is 9.59 Å². The molecule has 9 heteroatoms. The standard InChI is InChI=1S/C27H20Cl2N2O4S/c1-14-24(15(2)32)25(22-10-9-21(35-22)17-7-8-19(28)20(29)13-17)31-26(33)23(36-27(31)30-14)12-16-5-4-6-18(11-16)34-3/h4-13,25H,1-3H3/b23-12+/t25-/m0/s1. The predicted octanol–water partition coefficient (Wildman–Crippen LogP) is 5.40. The van der Waals surface area contributed by atoms with Crippen LogP contribution in [0.25, 0.3) is 17.4 Å². The first kappa shape index (κ1) is 24.3. The molecule has 0 unspecified atom stereocenters. The van der Waals surface area contributed by atoms with Gasteiger partial charge in [-0.05, 0) is 68.0 Å². The van der Waals surface area contributed by atoms with Gasteiger partial charge in [-0.2, -0.15) is 0 Å². The topological polar surface area (TPSA) is 73.8 Å². The monoisotopic (exact) mass is 538 g/mol. The van der Waals surface area contributed by atoms with Crippen molar-refractivity contribution in [2.75, 3.05) is 7.11 Å². The summed E-state index contributed by atoms with van der Waals surface area (Å²) in [5.74, 6) is 1.49. The number of halogens is 2. The van der Waals surface area contributed by atoms with Crippen molar-refractivity contribution in [2.24, 2.45) is 4.99 Å². The lowest BCUT2D eigenvalue weighted by molar-refractivity contribution is -0.114. The van der Waals surface area contributed by atoms with Gasteiger partial charge in [-0.3, -0.25) is 14.2 Å². The summed E-state index contributed by atoms with van der Waals surface area (Å²) in [5, 5.41) is 0.839. The lowest BCUT2D eigenvalue weighted by atomic mass is 9.98. The Hall–Kier alpha value is -3.39. The highest BCUT2D eigenvalue weighted by Gasteiger charge is 2.33. The number of methoxy groups -OCH3 is 1. The number of benzene rings is 2. The van der Waals surface area contributed by atoms with Crippen molar-refractivity contribution >= 4 is 46.4 Å². The number of ketones is 1. The lowest BCUT2D eigenvalue weighted by Gasteiger charge is -2.22. The molecule has 2 aromatic heterocycles. The Bertz CT molecular complexity index is 1730. The summed E-state index contributed by atoms with van der Waals surface area (Å²) < 4.78 is 13.5. The molecule has 0 N–H and O–H groups in total. The van der Waals surface area contributed by atoms with Crippen LogP contribution < -0.4 is 19.6 Å². The number of Topliss-reactive ketones (excluding diaryl/α,β-unsaturated/α-hetero) is 1. The average Bonchev–Trinajstić information content (AvgIpc) is 3.45. The molecule has 1 atom stereocenters. The number of ether oxygens (including phenoxy) is 1. The molecule has 0 spiro atoms. The molecule has 5 rings (SSSR count). The Morgan fingerprint density at radius 1 is 1.14 bits per heavy atom. The largest absolute Gasteiger partial charge is 0.497 e. The molecule has 1 aliphatic rings. The molecule has 1 aliphatic heterocycles. The smallest absolute Gasteiger partial charge is 0.271 e. The van der Waals surface area contributed by atoms with Crippen molar-refractivity contribution in [3.8, 4) is 17.1 Å². The molecule has 0 fully saturated rings. The van der Waals surface area contributed by atoms with Gasteiger partial charge in [-0.15, -0.1) is 0 Å². The van der Waals surface area contributed by atoms with Gasteiger partial charge in [0.2, 0.25) is 0 Å². The van der Waals surface area contributed by atoms with Crippen molar-refractivity contribution in [2.45, 2.75) is 19.9 Å². The number of fused-ring (bicyclic) bond motifs is 1. The van der Waals surface area contributed by atoms with E-state index in [2.05, 4.69) is 4.99 Å². The fourth-order valence-corrected chi connectivity index (χ4v) is 5.57. The Labute approximate surface area is 220 Å². The summed E-state index contributed by atoms with van der Waals surface area (Å²) >= 11 is 13.5. The molecular weight excluding hydrogens is 519 g/mol. The van der Waals surface area contributed by atoms with Crippen LogP contribution >= 0.6 is 34.5 Å². The zero-order chi connectivity index (χ0) is 25.6. The molecule has 182 valence electrons. The molecule has 0 saturated heterocycles. The van der Waals surface area contributed by atoms with Gasteiger partial charge in [0, 0.05) is 16.8 Å². The fourth-order valence-electron chi connectivity index (χ4n) is 4.23. The van der Waals surface area contributed by atoms with E-state index in [1.807, 2.05) is 24.3 Å². The van der Waals surface area contributed by atoms with Crippen LogP contribution in [-0.2, 0) is 4.79 Å². The highest BCUT2D eigenvalue weighted by Crippen LogP contribution is 2.35. The van der Waals surface area contributed by atoms with Crippen LogP contribution in [0, 0.1) is 0 Å². The summed E-state index contributed by atoms with van der Waals surface area (Å²) in [4.78, 5) is 31.4. The van der Waals surface area contributed by atoms with Gasteiger partial charge in [0.15, 0.2) is 10.6 Å². The number of furan rings is 1. The van der Waals surface area contributed by atoms with E-state index in [1.165, 1.54) is 22.8 Å². The van der Waals surface area contributed by atoms with Crippen molar-refractivity contribution < 1.29 is 13.9 Å². The molecule has 6 nitrogen and oxygen atoms in total. The van der Waals surface area contributed by atoms with E-state index in [0.717, 1.165) is 11.1 Å². The molecule has 0 radical (unpaired) electrons. The van der Waals surface area contributed by atoms with Crippen molar-refractivity contribution in [1.82, 2.24) is 4.57 Å². The van der Waals surface area contributed by atoms with Gasteiger partial charge in [0.05, 0.1) is 21.7 Å². The van der Waals surface area contributed by atoms with E-state index in [4.69, 9.17) is 32.4 Å². The van der Waals surface area contributed by atoms with Gasteiger partial charge >= 0.3 is 0 Å². The van der Waals surface area contributed by atoms with E-state index in [-0.39, 0.29) is 11.3 Å². The molecule has 0 saturated carbocycles. The van der Waals surface area contributed by atoms with Gasteiger partial charge in [-0.25, -0.2) is 4.99 Å². The highest BCUT2D eigenvalue weighted by molar-refractivity contribution is 7.07. The number of thiazole rings is 1. The third kappa shape index (κ3) is 4.34. The number of hydrogen-bond donors (Lipinski definition) is 0. The van der Waals surface area contributed by atoms with Crippen molar-refractivity contribution in [3.05, 3.63) is 107 Å². The van der Waals surface area contributed by atoms with Crippen LogP contribution in [0.4, 0.5) is 0 Å². The van der Waals surface area contributed by atoms with Crippen molar-refractivity contribution in [3.63, 3.8) is 0 Å². The van der Waals surface area contributed by atoms with Crippen LogP contribution in [0.2, 0.25) is 10.0 Å². The summed E-state index contributed by atoms with van der Waals surface area (Å²) in [7, 11) is 1.59. The molecule has 3 heterocycles. The van der Waals surface area contributed by atoms with E-state index in [1.54, 1.807) is 50.4 Å². The third-order valence-corrected chi connectivity index (χ3v) is 7.61. The van der Waals surface area contributed by atoms with E-state index < -0.39 is 6.04 Å². The zero-order valence-corrected chi connectivity index (χ0v) is 21.9. The molecule has 36 heavy (non-hydrogen) atoms. The summed E-state index contributed by atoms with van der Waals surface area (Å²) in [6, 6.07) is 15.4. The number of hydrogen-bond acceptors (Lipinski definition) is 6. The molecule has 0 amide bonds. The maximum Gasteiger partial charge on any atom is 0.271 e. The number of carbonyl (C=O) groups is 1. The minimum absolute atomic E-state index is 0.184. The maximum absolute atomic E-state index is 13.6. The minimum Gasteiger partial charge on any atom is -0.497 e. The minimum atomic E-state index is -0.747. The van der Waals surface area contributed by atoms with Crippen LogP contribution in [0.1, 0.15) is 31.2 Å². The normalized spacial score (nSPS) is 15.6. The summed E-state index contributed by atoms with van der Waals surface area (Å²) in [5.41, 5.74) is 2.24. The lowest BCUT2D eigenvalue weighted by Crippen LogP contribution is -2.39. The van der Waals surface area contributed by atoms with Gasteiger partial charge in [0.25, 0.3) is 5.56 Å². The van der Waals surface area contributed by atoms with Crippen LogP contribution in [0.5, 0.6) is 5.75 Å². The first-order valence-electron chi connectivity index (χ1n) is 11.0. The molecule has 0 aliphatic carbocycles. The number of rotatable bonds is 5. The molecule has 0 bridgehead atoms. The number of nitrogens with zero attached hydrogens (tertiary/aromatic N) is 2. The fraction of sp³-hybridized carbons (Fsp3) is 0.148. The van der Waals surface area contributed by atoms with Gasteiger partial charge in [0.1, 0.15) is 23.3 Å². The molecule has 2 aromatic carbocycles.